The number of aliphatic carboxylic acids is 1. The first-order valence-corrected chi connectivity index (χ1v) is 6.08. The minimum atomic E-state index is -1.33. The highest BCUT2D eigenvalue weighted by Crippen LogP contribution is 2.23. The molecule has 0 saturated heterocycles. The van der Waals surface area contributed by atoms with Gasteiger partial charge in [0.1, 0.15) is 5.69 Å². The standard InChI is InChI=1S/C11H11BrF2N2O4/c1-20-4-8(10(17)18)15-11(19)16-9-6(13)2-5(12)3-7(9)14/h2-3,8H,4H2,1H3,(H,17,18)(H2,15,16,19). The Bertz CT molecular complexity index is 504. The van der Waals surface area contributed by atoms with E-state index >= 15 is 0 Å². The van der Waals surface area contributed by atoms with Crippen LogP contribution in [-0.2, 0) is 9.53 Å². The number of carboxylic acids is 1. The van der Waals surface area contributed by atoms with Crippen LogP contribution in [0.3, 0.4) is 0 Å². The Balaban J connectivity index is 2.78. The van der Waals surface area contributed by atoms with E-state index in [1.165, 1.54) is 7.11 Å². The molecular formula is C11H11BrF2N2O4. The fourth-order valence-electron chi connectivity index (χ4n) is 1.31. The third-order valence-corrected chi connectivity index (χ3v) is 2.64. The molecule has 0 aromatic heterocycles. The molecule has 0 fully saturated rings. The number of amides is 2. The number of carboxylic acid groups (broad SMARTS) is 1. The topological polar surface area (TPSA) is 87.7 Å². The van der Waals surface area contributed by atoms with Crippen molar-refractivity contribution in [2.75, 3.05) is 19.0 Å². The van der Waals surface area contributed by atoms with Gasteiger partial charge in [-0.2, -0.15) is 0 Å². The molecule has 0 heterocycles. The Hall–Kier alpha value is -1.74. The number of hydrogen-bond acceptors (Lipinski definition) is 3. The minimum Gasteiger partial charge on any atom is -0.480 e. The van der Waals surface area contributed by atoms with Crippen molar-refractivity contribution in [3.05, 3.63) is 28.2 Å². The molecule has 110 valence electrons. The van der Waals surface area contributed by atoms with E-state index in [0.717, 1.165) is 12.1 Å². The second-order valence-electron chi connectivity index (χ2n) is 3.69. The van der Waals surface area contributed by atoms with Gasteiger partial charge in [0.15, 0.2) is 17.7 Å². The summed E-state index contributed by atoms with van der Waals surface area (Å²) in [6.45, 7) is -0.284. The molecule has 1 rings (SSSR count). The van der Waals surface area contributed by atoms with Crippen molar-refractivity contribution >= 4 is 33.6 Å². The fraction of sp³-hybridized carbons (Fsp3) is 0.273. The van der Waals surface area contributed by atoms with Crippen molar-refractivity contribution in [2.45, 2.75) is 6.04 Å². The van der Waals surface area contributed by atoms with E-state index in [0.29, 0.717) is 0 Å². The van der Waals surface area contributed by atoms with E-state index in [2.05, 4.69) is 20.7 Å². The molecular weight excluding hydrogens is 342 g/mol. The van der Waals surface area contributed by atoms with Crippen LogP contribution < -0.4 is 10.6 Å². The molecule has 3 N–H and O–H groups in total. The molecule has 0 saturated carbocycles. The second kappa shape index (κ2) is 7.15. The predicted molar refractivity (Wildman–Crippen MR) is 69.5 cm³/mol. The third-order valence-electron chi connectivity index (χ3n) is 2.18. The normalized spacial score (nSPS) is 11.8. The van der Waals surface area contributed by atoms with Crippen molar-refractivity contribution in [1.29, 1.82) is 0 Å². The van der Waals surface area contributed by atoms with Gasteiger partial charge in [-0.3, -0.25) is 0 Å². The average Bonchev–Trinajstić information content (AvgIpc) is 2.33. The average molecular weight is 353 g/mol. The lowest BCUT2D eigenvalue weighted by molar-refractivity contribution is -0.140. The largest absolute Gasteiger partial charge is 0.480 e. The summed E-state index contributed by atoms with van der Waals surface area (Å²) in [4.78, 5) is 22.3. The Morgan fingerprint density at radius 3 is 2.40 bits per heavy atom. The van der Waals surface area contributed by atoms with Crippen LogP contribution >= 0.6 is 15.9 Å². The highest BCUT2D eigenvalue weighted by Gasteiger charge is 2.21. The Morgan fingerprint density at radius 1 is 1.40 bits per heavy atom. The maximum Gasteiger partial charge on any atom is 0.328 e. The molecule has 1 aromatic rings. The summed E-state index contributed by atoms with van der Waals surface area (Å²) in [6.07, 6.45) is 0. The molecule has 0 spiro atoms. The number of ether oxygens (including phenoxy) is 1. The number of nitrogens with one attached hydrogen (secondary N) is 2. The summed E-state index contributed by atoms with van der Waals surface area (Å²) in [6, 6.07) is -0.471. The van der Waals surface area contributed by atoms with Crippen molar-refractivity contribution in [2.24, 2.45) is 0 Å². The summed E-state index contributed by atoms with van der Waals surface area (Å²) in [5, 5.41) is 12.7. The van der Waals surface area contributed by atoms with Crippen molar-refractivity contribution in [1.82, 2.24) is 5.32 Å². The van der Waals surface area contributed by atoms with Crippen LogP contribution in [0.5, 0.6) is 0 Å². The number of urea groups is 1. The zero-order valence-electron chi connectivity index (χ0n) is 10.2. The lowest BCUT2D eigenvalue weighted by Crippen LogP contribution is -2.45. The Morgan fingerprint density at radius 2 is 1.95 bits per heavy atom. The van der Waals surface area contributed by atoms with E-state index in [4.69, 9.17) is 5.11 Å². The summed E-state index contributed by atoms with van der Waals surface area (Å²) in [7, 11) is 1.25. The van der Waals surface area contributed by atoms with E-state index in [9.17, 15) is 18.4 Å². The molecule has 1 aromatic carbocycles. The Kier molecular flexibility index (Phi) is 5.83. The lowest BCUT2D eigenvalue weighted by Gasteiger charge is -2.14. The van der Waals surface area contributed by atoms with E-state index < -0.39 is 35.4 Å². The number of halogens is 3. The summed E-state index contributed by atoms with van der Waals surface area (Å²) in [5.41, 5.74) is -0.674. The molecule has 9 heteroatoms. The maximum atomic E-state index is 13.5. The molecule has 2 amide bonds. The first-order chi connectivity index (χ1) is 9.35. The molecule has 0 bridgehead atoms. The molecule has 0 aliphatic carbocycles. The number of carbonyl (C=O) groups is 2. The van der Waals surface area contributed by atoms with Gasteiger partial charge in [-0.1, -0.05) is 15.9 Å². The maximum absolute atomic E-state index is 13.5. The van der Waals surface area contributed by atoms with Gasteiger partial charge in [0.05, 0.1) is 6.61 Å². The second-order valence-corrected chi connectivity index (χ2v) is 4.60. The number of benzene rings is 1. The highest BCUT2D eigenvalue weighted by molar-refractivity contribution is 9.10. The number of anilines is 1. The lowest BCUT2D eigenvalue weighted by atomic mass is 10.3. The molecule has 0 aliphatic heterocycles. The number of hydrogen-bond donors (Lipinski definition) is 3. The van der Waals surface area contributed by atoms with Crippen molar-refractivity contribution < 1.29 is 28.2 Å². The summed E-state index contributed by atoms with van der Waals surface area (Å²) < 4.78 is 31.7. The summed E-state index contributed by atoms with van der Waals surface area (Å²) >= 11 is 2.89. The SMILES string of the molecule is COCC(NC(=O)Nc1c(F)cc(Br)cc1F)C(=O)O. The number of carbonyl (C=O) groups excluding carboxylic acids is 1. The van der Waals surface area contributed by atoms with E-state index in [-0.39, 0.29) is 11.1 Å². The van der Waals surface area contributed by atoms with Crippen molar-refractivity contribution in [3.63, 3.8) is 0 Å². The quantitative estimate of drug-likeness (QED) is 0.755. The zero-order valence-corrected chi connectivity index (χ0v) is 11.8. The van der Waals surface area contributed by atoms with Gasteiger partial charge in [0.25, 0.3) is 0 Å². The van der Waals surface area contributed by atoms with Crippen LogP contribution in [-0.4, -0.2) is 36.9 Å². The van der Waals surface area contributed by atoms with Crippen molar-refractivity contribution in [3.8, 4) is 0 Å². The zero-order chi connectivity index (χ0) is 15.3. The van der Waals surface area contributed by atoms with Gasteiger partial charge >= 0.3 is 12.0 Å². The van der Waals surface area contributed by atoms with Gasteiger partial charge in [-0.05, 0) is 12.1 Å². The predicted octanol–water partition coefficient (Wildman–Crippen LogP) is 1.95. The van der Waals surface area contributed by atoms with Gasteiger partial charge in [-0.15, -0.1) is 0 Å². The monoisotopic (exact) mass is 352 g/mol. The highest BCUT2D eigenvalue weighted by atomic mass is 79.9. The van der Waals surface area contributed by atoms with E-state index in [1.54, 1.807) is 0 Å². The summed E-state index contributed by atoms with van der Waals surface area (Å²) in [5.74, 6) is -3.32. The number of methoxy groups -OCH3 is 1. The van der Waals surface area contributed by atoms with Gasteiger partial charge in [-0.25, -0.2) is 18.4 Å². The molecule has 1 atom stereocenters. The molecule has 6 nitrogen and oxygen atoms in total. The first kappa shape index (κ1) is 16.3. The van der Waals surface area contributed by atoms with E-state index in [1.807, 2.05) is 10.6 Å². The van der Waals surface area contributed by atoms with Crippen LogP contribution in [0, 0.1) is 11.6 Å². The number of rotatable bonds is 5. The fourth-order valence-corrected chi connectivity index (χ4v) is 1.71. The smallest absolute Gasteiger partial charge is 0.328 e. The van der Waals surface area contributed by atoms with Crippen LogP contribution in [0.2, 0.25) is 0 Å². The van der Waals surface area contributed by atoms with Gasteiger partial charge in [0, 0.05) is 11.6 Å². The van der Waals surface area contributed by atoms with Crippen LogP contribution in [0.4, 0.5) is 19.3 Å². The molecule has 20 heavy (non-hydrogen) atoms. The van der Waals surface area contributed by atoms with Gasteiger partial charge in [0.2, 0.25) is 0 Å². The van der Waals surface area contributed by atoms with Gasteiger partial charge < -0.3 is 20.5 Å². The minimum absolute atomic E-state index is 0.168. The van der Waals surface area contributed by atoms with Crippen LogP contribution in [0.15, 0.2) is 16.6 Å². The third kappa shape index (κ3) is 4.42. The first-order valence-electron chi connectivity index (χ1n) is 5.29. The van der Waals surface area contributed by atoms with Crippen LogP contribution in [0.1, 0.15) is 0 Å². The molecule has 1 unspecified atom stereocenters. The Labute approximate surface area is 121 Å². The molecule has 0 radical (unpaired) electrons. The molecule has 0 aliphatic rings. The van der Waals surface area contributed by atoms with Crippen LogP contribution in [0.25, 0.3) is 0 Å².